The highest BCUT2D eigenvalue weighted by molar-refractivity contribution is 5.95. The summed E-state index contributed by atoms with van der Waals surface area (Å²) in [6, 6.07) is 14.0. The lowest BCUT2D eigenvalue weighted by molar-refractivity contribution is -0.138. The maximum absolute atomic E-state index is 12.8. The fourth-order valence-corrected chi connectivity index (χ4v) is 3.46. The molecule has 190 valence electrons. The predicted octanol–water partition coefficient (Wildman–Crippen LogP) is 5.65. The van der Waals surface area contributed by atoms with Crippen molar-refractivity contribution in [2.45, 2.75) is 38.9 Å². The van der Waals surface area contributed by atoms with Crippen molar-refractivity contribution in [2.75, 3.05) is 11.9 Å². The predicted molar refractivity (Wildman–Crippen MR) is 130 cm³/mol. The van der Waals surface area contributed by atoms with Crippen LogP contribution in [0.15, 0.2) is 73.2 Å². The number of amides is 1. The van der Waals surface area contributed by atoms with Crippen molar-refractivity contribution in [2.24, 2.45) is 0 Å². The van der Waals surface area contributed by atoms with Gasteiger partial charge in [0.1, 0.15) is 0 Å². The Kier molecular flexibility index (Phi) is 8.88. The van der Waals surface area contributed by atoms with Gasteiger partial charge in [-0.2, -0.15) is 18.3 Å². The Bertz CT molecular complexity index is 1190. The first kappa shape index (κ1) is 26.5. The Morgan fingerprint density at radius 2 is 1.78 bits per heavy atom. The molecule has 0 radical (unpaired) electrons. The summed E-state index contributed by atoms with van der Waals surface area (Å²) < 4.78 is 44.4. The minimum absolute atomic E-state index is 0.0387. The minimum atomic E-state index is -4.44. The van der Waals surface area contributed by atoms with E-state index in [0.29, 0.717) is 11.3 Å². The Balaban J connectivity index is 1.65. The molecule has 0 bridgehead atoms. The van der Waals surface area contributed by atoms with Crippen LogP contribution in [-0.2, 0) is 15.7 Å². The number of halogens is 3. The molecular formula is C26H27F3N4O3. The molecule has 2 N–H and O–H groups in total. The SMILES string of the molecule is CCCC(Nc1ccc(-n2cc(C(F)(F)F)cn2)cc1)c1ccc(C(=O)N/C=C/C(=O)OCC)cc1. The van der Waals surface area contributed by atoms with E-state index in [9.17, 15) is 22.8 Å². The van der Waals surface area contributed by atoms with Crippen molar-refractivity contribution in [1.29, 1.82) is 0 Å². The zero-order chi connectivity index (χ0) is 26.1. The van der Waals surface area contributed by atoms with Crippen LogP contribution in [0.2, 0.25) is 0 Å². The molecule has 36 heavy (non-hydrogen) atoms. The van der Waals surface area contributed by atoms with Crippen molar-refractivity contribution in [3.05, 3.63) is 89.9 Å². The molecule has 0 spiro atoms. The Morgan fingerprint density at radius 1 is 1.08 bits per heavy atom. The number of nitrogens with one attached hydrogen (secondary N) is 2. The first-order valence-corrected chi connectivity index (χ1v) is 11.4. The molecule has 1 atom stereocenters. The van der Waals surface area contributed by atoms with Crippen molar-refractivity contribution in [3.63, 3.8) is 0 Å². The fourth-order valence-electron chi connectivity index (χ4n) is 3.46. The first-order valence-electron chi connectivity index (χ1n) is 11.4. The van der Waals surface area contributed by atoms with Crippen molar-refractivity contribution in [1.82, 2.24) is 15.1 Å². The Hall–Kier alpha value is -4.08. The number of hydrogen-bond acceptors (Lipinski definition) is 5. The van der Waals surface area contributed by atoms with Gasteiger partial charge >= 0.3 is 12.1 Å². The van der Waals surface area contributed by atoms with Crippen molar-refractivity contribution >= 4 is 17.6 Å². The molecular weight excluding hydrogens is 473 g/mol. The number of esters is 1. The summed E-state index contributed by atoms with van der Waals surface area (Å²) in [5.41, 5.74) is 1.91. The number of aromatic nitrogens is 2. The second kappa shape index (κ2) is 12.1. The monoisotopic (exact) mass is 500 g/mol. The number of carbonyl (C=O) groups is 2. The highest BCUT2D eigenvalue weighted by atomic mass is 19.4. The lowest BCUT2D eigenvalue weighted by atomic mass is 10.00. The van der Waals surface area contributed by atoms with E-state index < -0.39 is 17.7 Å². The molecule has 0 aliphatic rings. The largest absolute Gasteiger partial charge is 0.463 e. The van der Waals surface area contributed by atoms with Crippen LogP contribution in [0.25, 0.3) is 5.69 Å². The quantitative estimate of drug-likeness (QED) is 0.278. The number of anilines is 1. The highest BCUT2D eigenvalue weighted by Crippen LogP contribution is 2.29. The van der Waals surface area contributed by atoms with Crippen LogP contribution in [0, 0.1) is 0 Å². The van der Waals surface area contributed by atoms with Gasteiger partial charge in [0.05, 0.1) is 30.1 Å². The zero-order valence-electron chi connectivity index (χ0n) is 19.9. The standard InChI is InChI=1S/C26H27F3N4O3/c1-3-5-23(18-6-8-19(9-7-18)25(35)30-15-14-24(34)36-4-2)32-21-10-12-22(13-11-21)33-17-20(16-31-33)26(27,28)29/h6-17,23,32H,3-5H2,1-2H3,(H,30,35)/b15-14+. The molecule has 1 unspecified atom stereocenters. The van der Waals surface area contributed by atoms with E-state index in [1.54, 1.807) is 43.3 Å². The molecule has 0 saturated carbocycles. The summed E-state index contributed by atoms with van der Waals surface area (Å²) in [5.74, 6) is -0.893. The van der Waals surface area contributed by atoms with E-state index in [2.05, 4.69) is 22.7 Å². The summed E-state index contributed by atoms with van der Waals surface area (Å²) in [7, 11) is 0. The summed E-state index contributed by atoms with van der Waals surface area (Å²) in [4.78, 5) is 23.6. The van der Waals surface area contributed by atoms with E-state index in [-0.39, 0.29) is 18.6 Å². The normalized spacial score (nSPS) is 12.4. The van der Waals surface area contributed by atoms with Crippen LogP contribution in [0.3, 0.4) is 0 Å². The van der Waals surface area contributed by atoms with Gasteiger partial charge in [-0.25, -0.2) is 9.48 Å². The molecule has 10 heteroatoms. The highest BCUT2D eigenvalue weighted by Gasteiger charge is 2.32. The molecule has 3 rings (SSSR count). The number of carbonyl (C=O) groups excluding carboxylic acids is 2. The van der Waals surface area contributed by atoms with Gasteiger partial charge in [0.25, 0.3) is 5.91 Å². The second-order valence-corrected chi connectivity index (χ2v) is 7.88. The van der Waals surface area contributed by atoms with E-state index >= 15 is 0 Å². The zero-order valence-corrected chi connectivity index (χ0v) is 19.9. The van der Waals surface area contributed by atoms with Gasteiger partial charge in [0.15, 0.2) is 0 Å². The first-order chi connectivity index (χ1) is 17.2. The maximum Gasteiger partial charge on any atom is 0.419 e. The van der Waals surface area contributed by atoms with Gasteiger partial charge in [-0.05, 0) is 55.3 Å². The molecule has 1 heterocycles. The lowest BCUT2D eigenvalue weighted by Gasteiger charge is -2.20. The van der Waals surface area contributed by atoms with Crippen LogP contribution in [0.5, 0.6) is 0 Å². The summed E-state index contributed by atoms with van der Waals surface area (Å²) >= 11 is 0. The van der Waals surface area contributed by atoms with E-state index in [0.717, 1.165) is 42.6 Å². The average Bonchev–Trinajstić information content (AvgIpc) is 3.36. The third-order valence-electron chi connectivity index (χ3n) is 5.26. The second-order valence-electron chi connectivity index (χ2n) is 7.88. The van der Waals surface area contributed by atoms with Crippen LogP contribution < -0.4 is 10.6 Å². The fraction of sp³-hybridized carbons (Fsp3) is 0.269. The molecule has 1 aromatic heterocycles. The smallest absolute Gasteiger partial charge is 0.419 e. The molecule has 0 aliphatic heterocycles. The van der Waals surface area contributed by atoms with Crippen LogP contribution >= 0.6 is 0 Å². The van der Waals surface area contributed by atoms with Gasteiger partial charge in [0.2, 0.25) is 0 Å². The molecule has 3 aromatic rings. The molecule has 2 aromatic carbocycles. The third-order valence-corrected chi connectivity index (χ3v) is 5.26. The third kappa shape index (κ3) is 7.21. The number of ether oxygens (including phenoxy) is 1. The van der Waals surface area contributed by atoms with Crippen LogP contribution in [0.4, 0.5) is 18.9 Å². The molecule has 7 nitrogen and oxygen atoms in total. The molecule has 0 saturated heterocycles. The minimum Gasteiger partial charge on any atom is -0.463 e. The summed E-state index contributed by atoms with van der Waals surface area (Å²) in [6.45, 7) is 4.01. The van der Waals surface area contributed by atoms with Crippen molar-refractivity contribution < 1.29 is 27.5 Å². The van der Waals surface area contributed by atoms with Gasteiger partial charge in [-0.1, -0.05) is 25.5 Å². The lowest BCUT2D eigenvalue weighted by Crippen LogP contribution is -2.18. The van der Waals surface area contributed by atoms with Gasteiger partial charge < -0.3 is 15.4 Å². The van der Waals surface area contributed by atoms with E-state index in [4.69, 9.17) is 4.74 Å². The molecule has 1 amide bonds. The Labute approximate surface area is 207 Å². The van der Waals surface area contributed by atoms with Crippen molar-refractivity contribution in [3.8, 4) is 5.69 Å². The number of rotatable bonds is 10. The molecule has 0 fully saturated rings. The topological polar surface area (TPSA) is 85.3 Å². The number of nitrogens with zero attached hydrogens (tertiary/aromatic N) is 2. The maximum atomic E-state index is 12.8. The van der Waals surface area contributed by atoms with Gasteiger partial charge in [-0.15, -0.1) is 0 Å². The number of benzene rings is 2. The van der Waals surface area contributed by atoms with Gasteiger partial charge in [0, 0.05) is 29.7 Å². The van der Waals surface area contributed by atoms with Crippen LogP contribution in [0.1, 0.15) is 54.2 Å². The summed E-state index contributed by atoms with van der Waals surface area (Å²) in [5, 5.41) is 9.76. The van der Waals surface area contributed by atoms with E-state index in [1.165, 1.54) is 10.9 Å². The Morgan fingerprint density at radius 3 is 2.36 bits per heavy atom. The molecule has 0 aliphatic carbocycles. The van der Waals surface area contributed by atoms with Gasteiger partial charge in [-0.3, -0.25) is 4.79 Å². The number of hydrogen-bond donors (Lipinski definition) is 2. The number of alkyl halides is 3. The summed E-state index contributed by atoms with van der Waals surface area (Å²) in [6.07, 6.45) is 1.42. The average molecular weight is 501 g/mol. The van der Waals surface area contributed by atoms with Crippen LogP contribution in [-0.4, -0.2) is 28.3 Å². The van der Waals surface area contributed by atoms with E-state index in [1.807, 2.05) is 12.1 Å².